The number of esters is 1. The van der Waals surface area contributed by atoms with Gasteiger partial charge in [-0.2, -0.15) is 0 Å². The third-order valence-corrected chi connectivity index (χ3v) is 8.47. The minimum absolute atomic E-state index is 0.119. The standard InChI is InChI=1S/C34H38FN5O4S/c1-2-44-33(43)26-9-15-29(16-10-26)40-32(42)30(23-31(41)36-28-13-11-27(35)12-14-28)39(34(40)45)18-6-17-37-19-21-38(22-20-37)24-25-7-4-3-5-8-25/h3-5,7-16,30H,2,6,17-24H2,1H3,(H,36,41). The lowest BCUT2D eigenvalue weighted by atomic mass is 10.1. The van der Waals surface area contributed by atoms with E-state index in [1.165, 1.54) is 34.7 Å². The molecule has 2 saturated heterocycles. The normalized spacial score (nSPS) is 17.5. The summed E-state index contributed by atoms with van der Waals surface area (Å²) in [6.45, 7) is 8.16. The molecule has 2 aliphatic rings. The van der Waals surface area contributed by atoms with Crippen molar-refractivity contribution in [2.24, 2.45) is 0 Å². The van der Waals surface area contributed by atoms with E-state index in [-0.39, 0.29) is 24.8 Å². The second-order valence-electron chi connectivity index (χ2n) is 11.1. The number of anilines is 2. The molecular formula is C34H38FN5O4S. The fraction of sp³-hybridized carbons (Fsp3) is 0.353. The minimum atomic E-state index is -0.801. The number of halogens is 1. The van der Waals surface area contributed by atoms with Gasteiger partial charge in [0.15, 0.2) is 5.11 Å². The van der Waals surface area contributed by atoms with Gasteiger partial charge >= 0.3 is 5.97 Å². The summed E-state index contributed by atoms with van der Waals surface area (Å²) < 4.78 is 18.4. The number of hydrogen-bond acceptors (Lipinski definition) is 7. The molecule has 0 saturated carbocycles. The van der Waals surface area contributed by atoms with Gasteiger partial charge in [-0.3, -0.25) is 19.4 Å². The van der Waals surface area contributed by atoms with E-state index in [0.29, 0.717) is 28.6 Å². The Bertz CT molecular complexity index is 1480. The molecule has 0 radical (unpaired) electrons. The molecular weight excluding hydrogens is 593 g/mol. The SMILES string of the molecule is CCOC(=O)c1ccc(N2C(=O)C(CC(=O)Nc3ccc(F)cc3)N(CCCN3CCN(Cc4ccccc4)CC3)C2=S)cc1. The van der Waals surface area contributed by atoms with Crippen molar-refractivity contribution < 1.29 is 23.5 Å². The number of carbonyl (C=O) groups is 3. The van der Waals surface area contributed by atoms with Crippen molar-refractivity contribution in [1.29, 1.82) is 0 Å². The van der Waals surface area contributed by atoms with Crippen LogP contribution in [0.4, 0.5) is 15.8 Å². The summed E-state index contributed by atoms with van der Waals surface area (Å²) in [5.74, 6) is -1.54. The van der Waals surface area contributed by atoms with E-state index < -0.39 is 17.8 Å². The molecule has 5 rings (SSSR count). The third kappa shape index (κ3) is 8.30. The lowest BCUT2D eigenvalue weighted by molar-refractivity contribution is -0.124. The number of rotatable bonds is 12. The Balaban J connectivity index is 1.23. The molecule has 2 aliphatic heterocycles. The van der Waals surface area contributed by atoms with Gasteiger partial charge in [-0.05, 0) is 86.2 Å². The Kier molecular flexibility index (Phi) is 10.9. The van der Waals surface area contributed by atoms with Crippen LogP contribution in [0.2, 0.25) is 0 Å². The second kappa shape index (κ2) is 15.2. The Hall–Kier alpha value is -4.19. The van der Waals surface area contributed by atoms with E-state index in [9.17, 15) is 18.8 Å². The van der Waals surface area contributed by atoms with Crippen molar-refractivity contribution in [2.75, 3.05) is 56.1 Å². The zero-order valence-corrected chi connectivity index (χ0v) is 26.2. The first kappa shape index (κ1) is 32.2. The fourth-order valence-electron chi connectivity index (χ4n) is 5.68. The first-order valence-electron chi connectivity index (χ1n) is 15.3. The highest BCUT2D eigenvalue weighted by molar-refractivity contribution is 7.80. The number of ether oxygens (including phenoxy) is 1. The van der Waals surface area contributed by atoms with Crippen LogP contribution in [0.1, 0.15) is 35.7 Å². The molecule has 3 aromatic carbocycles. The first-order valence-corrected chi connectivity index (χ1v) is 15.7. The largest absolute Gasteiger partial charge is 0.462 e. The molecule has 0 bridgehead atoms. The maximum Gasteiger partial charge on any atom is 0.338 e. The predicted octanol–water partition coefficient (Wildman–Crippen LogP) is 4.54. The average molecular weight is 632 g/mol. The van der Waals surface area contributed by atoms with Crippen molar-refractivity contribution in [3.8, 4) is 0 Å². The molecule has 9 nitrogen and oxygen atoms in total. The van der Waals surface area contributed by atoms with E-state index >= 15 is 0 Å². The smallest absolute Gasteiger partial charge is 0.338 e. The predicted molar refractivity (Wildman–Crippen MR) is 175 cm³/mol. The van der Waals surface area contributed by atoms with Crippen molar-refractivity contribution in [2.45, 2.75) is 32.4 Å². The number of piperazine rings is 1. The molecule has 0 aromatic heterocycles. The van der Waals surface area contributed by atoms with Crippen molar-refractivity contribution >= 4 is 46.5 Å². The molecule has 11 heteroatoms. The summed E-state index contributed by atoms with van der Waals surface area (Å²) >= 11 is 5.81. The van der Waals surface area contributed by atoms with Crippen LogP contribution in [0.15, 0.2) is 78.9 Å². The number of amides is 2. The molecule has 1 N–H and O–H groups in total. The molecule has 2 heterocycles. The summed E-state index contributed by atoms with van der Waals surface area (Å²) in [6.07, 6.45) is 0.643. The van der Waals surface area contributed by atoms with Gasteiger partial charge in [0, 0.05) is 45.0 Å². The third-order valence-electron chi connectivity index (χ3n) is 8.05. The van der Waals surface area contributed by atoms with Gasteiger partial charge in [-0.25, -0.2) is 9.18 Å². The summed E-state index contributed by atoms with van der Waals surface area (Å²) in [4.78, 5) is 47.1. The molecule has 1 unspecified atom stereocenters. The van der Waals surface area contributed by atoms with E-state index in [1.807, 2.05) is 11.0 Å². The van der Waals surface area contributed by atoms with Crippen LogP contribution in [-0.2, 0) is 20.9 Å². The topological polar surface area (TPSA) is 85.4 Å². The zero-order chi connectivity index (χ0) is 31.8. The highest BCUT2D eigenvalue weighted by atomic mass is 32.1. The number of carbonyl (C=O) groups excluding carboxylic acids is 3. The van der Waals surface area contributed by atoms with Gasteiger partial charge < -0.3 is 19.9 Å². The maximum absolute atomic E-state index is 13.8. The molecule has 45 heavy (non-hydrogen) atoms. The van der Waals surface area contributed by atoms with E-state index in [4.69, 9.17) is 17.0 Å². The van der Waals surface area contributed by atoms with Crippen molar-refractivity contribution in [1.82, 2.24) is 14.7 Å². The van der Waals surface area contributed by atoms with Gasteiger partial charge in [0.05, 0.1) is 24.3 Å². The molecule has 0 aliphatic carbocycles. The van der Waals surface area contributed by atoms with Gasteiger partial charge in [-0.1, -0.05) is 30.3 Å². The minimum Gasteiger partial charge on any atom is -0.462 e. The number of benzene rings is 3. The van der Waals surface area contributed by atoms with Crippen LogP contribution in [0.5, 0.6) is 0 Å². The molecule has 1 atom stereocenters. The highest BCUT2D eigenvalue weighted by Crippen LogP contribution is 2.28. The number of thiocarbonyl (C=S) groups is 1. The summed E-state index contributed by atoms with van der Waals surface area (Å²) in [6, 6.07) is 21.7. The molecule has 0 spiro atoms. The monoisotopic (exact) mass is 631 g/mol. The zero-order valence-electron chi connectivity index (χ0n) is 25.4. The highest BCUT2D eigenvalue weighted by Gasteiger charge is 2.44. The van der Waals surface area contributed by atoms with Crippen LogP contribution < -0.4 is 10.2 Å². The molecule has 2 amide bonds. The van der Waals surface area contributed by atoms with E-state index in [1.54, 1.807) is 31.2 Å². The quantitative estimate of drug-likeness (QED) is 0.231. The Morgan fingerprint density at radius 3 is 2.24 bits per heavy atom. The van der Waals surface area contributed by atoms with Crippen LogP contribution in [0, 0.1) is 5.82 Å². The maximum atomic E-state index is 13.8. The van der Waals surface area contributed by atoms with Gasteiger partial charge in [-0.15, -0.1) is 0 Å². The Morgan fingerprint density at radius 2 is 1.58 bits per heavy atom. The number of nitrogens with one attached hydrogen (secondary N) is 1. The van der Waals surface area contributed by atoms with Gasteiger partial charge in [0.1, 0.15) is 11.9 Å². The molecule has 236 valence electrons. The van der Waals surface area contributed by atoms with Crippen LogP contribution in [-0.4, -0.2) is 89.5 Å². The van der Waals surface area contributed by atoms with Gasteiger partial charge in [0.2, 0.25) is 5.91 Å². The Morgan fingerprint density at radius 1 is 0.911 bits per heavy atom. The van der Waals surface area contributed by atoms with Crippen LogP contribution >= 0.6 is 12.2 Å². The average Bonchev–Trinajstić information content (AvgIpc) is 3.27. The van der Waals surface area contributed by atoms with Gasteiger partial charge in [0.25, 0.3) is 5.91 Å². The van der Waals surface area contributed by atoms with Crippen molar-refractivity contribution in [3.05, 3.63) is 95.8 Å². The van der Waals surface area contributed by atoms with E-state index in [2.05, 4.69) is 39.4 Å². The lowest BCUT2D eigenvalue weighted by Gasteiger charge is -2.35. The van der Waals surface area contributed by atoms with E-state index in [0.717, 1.165) is 45.7 Å². The summed E-state index contributed by atoms with van der Waals surface area (Å²) in [7, 11) is 0. The van der Waals surface area contributed by atoms with Crippen LogP contribution in [0.25, 0.3) is 0 Å². The summed E-state index contributed by atoms with van der Waals surface area (Å²) in [5.41, 5.74) is 2.64. The number of nitrogens with zero attached hydrogens (tertiary/aromatic N) is 4. The van der Waals surface area contributed by atoms with Crippen molar-refractivity contribution in [3.63, 3.8) is 0 Å². The summed E-state index contributed by atoms with van der Waals surface area (Å²) in [5, 5.41) is 3.07. The molecule has 2 fully saturated rings. The number of hydrogen-bond donors (Lipinski definition) is 1. The lowest BCUT2D eigenvalue weighted by Crippen LogP contribution is -2.47. The fourth-order valence-corrected chi connectivity index (χ4v) is 6.10. The Labute approximate surface area is 268 Å². The van der Waals surface area contributed by atoms with Crippen LogP contribution in [0.3, 0.4) is 0 Å². The second-order valence-corrected chi connectivity index (χ2v) is 11.5. The first-order chi connectivity index (χ1) is 21.8. The molecule has 3 aromatic rings.